The van der Waals surface area contributed by atoms with E-state index >= 15 is 0 Å². The van der Waals surface area contributed by atoms with Gasteiger partial charge in [0.15, 0.2) is 18.1 Å². The number of benzene rings is 1. The second-order valence-electron chi connectivity index (χ2n) is 4.86. The van der Waals surface area contributed by atoms with E-state index in [0.717, 1.165) is 4.90 Å². The number of nitrogens with one attached hydrogen (secondary N) is 1. The van der Waals surface area contributed by atoms with Gasteiger partial charge in [-0.15, -0.1) is 6.58 Å². The van der Waals surface area contributed by atoms with Crippen molar-refractivity contribution in [1.82, 2.24) is 10.2 Å². The van der Waals surface area contributed by atoms with Gasteiger partial charge in [0.1, 0.15) is 5.70 Å². The molecule has 2 rings (SSSR count). The summed E-state index contributed by atoms with van der Waals surface area (Å²) >= 11 is 0. The van der Waals surface area contributed by atoms with E-state index in [4.69, 9.17) is 15.2 Å². The molecule has 1 saturated heterocycles. The van der Waals surface area contributed by atoms with Crippen molar-refractivity contribution in [2.24, 2.45) is 5.73 Å². The average Bonchev–Trinajstić information content (AvgIpc) is 2.81. The number of imide groups is 1. The van der Waals surface area contributed by atoms with Crippen LogP contribution in [0.15, 0.2) is 36.6 Å². The van der Waals surface area contributed by atoms with E-state index < -0.39 is 17.8 Å². The number of amides is 4. The Morgan fingerprint density at radius 1 is 1.38 bits per heavy atom. The predicted molar refractivity (Wildman–Crippen MR) is 86.1 cm³/mol. The van der Waals surface area contributed by atoms with Gasteiger partial charge in [-0.25, -0.2) is 4.79 Å². The van der Waals surface area contributed by atoms with Gasteiger partial charge in [-0.05, 0) is 23.8 Å². The molecule has 126 valence electrons. The number of urea groups is 1. The van der Waals surface area contributed by atoms with Crippen LogP contribution in [0.4, 0.5) is 4.79 Å². The minimum atomic E-state index is -0.607. The molecule has 0 bridgehead atoms. The molecule has 4 amide bonds. The summed E-state index contributed by atoms with van der Waals surface area (Å²) in [6, 6.07) is 4.34. The van der Waals surface area contributed by atoms with Gasteiger partial charge in [-0.1, -0.05) is 12.1 Å². The predicted octanol–water partition coefficient (Wildman–Crippen LogP) is 0.638. The van der Waals surface area contributed by atoms with Crippen molar-refractivity contribution < 1.29 is 23.9 Å². The van der Waals surface area contributed by atoms with Gasteiger partial charge in [0, 0.05) is 6.54 Å². The van der Waals surface area contributed by atoms with Crippen molar-refractivity contribution in [2.45, 2.75) is 0 Å². The molecular formula is C16H17N3O5. The number of primary amides is 1. The molecular weight excluding hydrogens is 314 g/mol. The van der Waals surface area contributed by atoms with Crippen LogP contribution < -0.4 is 20.5 Å². The first-order valence-electron chi connectivity index (χ1n) is 7.01. The highest BCUT2D eigenvalue weighted by atomic mass is 16.5. The fourth-order valence-electron chi connectivity index (χ4n) is 2.08. The largest absolute Gasteiger partial charge is 0.493 e. The molecule has 8 nitrogen and oxygen atoms in total. The van der Waals surface area contributed by atoms with Crippen LogP contribution in [0, 0.1) is 0 Å². The molecule has 1 aromatic carbocycles. The van der Waals surface area contributed by atoms with E-state index in [1.54, 1.807) is 18.2 Å². The highest BCUT2D eigenvalue weighted by molar-refractivity contribution is 6.14. The monoisotopic (exact) mass is 331 g/mol. The molecule has 1 aromatic rings. The normalized spacial score (nSPS) is 15.4. The van der Waals surface area contributed by atoms with Crippen LogP contribution in [0.2, 0.25) is 0 Å². The zero-order chi connectivity index (χ0) is 17.7. The summed E-state index contributed by atoms with van der Waals surface area (Å²) < 4.78 is 10.4. The summed E-state index contributed by atoms with van der Waals surface area (Å²) in [4.78, 5) is 35.7. The van der Waals surface area contributed by atoms with Gasteiger partial charge in [-0.2, -0.15) is 0 Å². The van der Waals surface area contributed by atoms with Crippen LogP contribution in [0.5, 0.6) is 11.5 Å². The first kappa shape index (κ1) is 17.1. The van der Waals surface area contributed by atoms with Gasteiger partial charge in [0.2, 0.25) is 0 Å². The Hall–Kier alpha value is -3.29. The average molecular weight is 331 g/mol. The number of ether oxygens (including phenoxy) is 2. The molecule has 0 atom stereocenters. The van der Waals surface area contributed by atoms with E-state index in [0.29, 0.717) is 17.1 Å². The maximum Gasteiger partial charge on any atom is 0.329 e. The van der Waals surface area contributed by atoms with E-state index in [9.17, 15) is 14.4 Å². The third kappa shape index (κ3) is 3.72. The molecule has 0 unspecified atom stereocenters. The quantitative estimate of drug-likeness (QED) is 0.433. The van der Waals surface area contributed by atoms with Crippen LogP contribution in [0.3, 0.4) is 0 Å². The van der Waals surface area contributed by atoms with Crippen LogP contribution in [-0.4, -0.2) is 43.0 Å². The van der Waals surface area contributed by atoms with Crippen molar-refractivity contribution in [3.8, 4) is 11.5 Å². The fraction of sp³-hybridized carbons (Fsp3) is 0.188. The van der Waals surface area contributed by atoms with E-state index in [2.05, 4.69) is 11.9 Å². The molecule has 0 radical (unpaired) electrons. The number of rotatable bonds is 7. The summed E-state index contributed by atoms with van der Waals surface area (Å²) in [5, 5.41) is 2.50. The molecule has 1 fully saturated rings. The topological polar surface area (TPSA) is 111 Å². The first-order chi connectivity index (χ1) is 11.5. The SMILES string of the molecule is C=CCN1C(=O)NC(=Cc2ccc(OCC(N)=O)c(OC)c2)C1=O. The highest BCUT2D eigenvalue weighted by Gasteiger charge is 2.32. The number of nitrogens with zero attached hydrogens (tertiary/aromatic N) is 1. The van der Waals surface area contributed by atoms with E-state index in [-0.39, 0.29) is 18.8 Å². The molecule has 0 aliphatic carbocycles. The molecule has 1 aliphatic heterocycles. The van der Waals surface area contributed by atoms with Crippen molar-refractivity contribution in [3.63, 3.8) is 0 Å². The smallest absolute Gasteiger partial charge is 0.329 e. The Bertz CT molecular complexity index is 726. The zero-order valence-corrected chi connectivity index (χ0v) is 13.1. The van der Waals surface area contributed by atoms with Gasteiger partial charge < -0.3 is 20.5 Å². The Balaban J connectivity index is 2.23. The minimum Gasteiger partial charge on any atom is -0.493 e. The summed E-state index contributed by atoms with van der Waals surface area (Å²) in [6.07, 6.45) is 2.98. The lowest BCUT2D eigenvalue weighted by atomic mass is 10.1. The number of nitrogens with two attached hydrogens (primary N) is 1. The van der Waals surface area contributed by atoms with Gasteiger partial charge in [0.05, 0.1) is 7.11 Å². The summed E-state index contributed by atoms with van der Waals surface area (Å²) in [5.41, 5.74) is 5.79. The van der Waals surface area contributed by atoms with E-state index in [1.165, 1.54) is 19.3 Å². The van der Waals surface area contributed by atoms with Crippen molar-refractivity contribution in [1.29, 1.82) is 0 Å². The van der Waals surface area contributed by atoms with Gasteiger partial charge in [-0.3, -0.25) is 14.5 Å². The summed E-state index contributed by atoms with van der Waals surface area (Å²) in [6.45, 7) is 3.36. The van der Waals surface area contributed by atoms with Gasteiger partial charge in [0.25, 0.3) is 11.8 Å². The lowest BCUT2D eigenvalue weighted by Gasteiger charge is -2.10. The standard InChI is InChI=1S/C16H17N3O5/c1-3-6-19-15(21)11(18-16(19)22)7-10-4-5-12(13(8-10)23-2)24-9-14(17)20/h3-5,7-8H,1,6,9H2,2H3,(H2,17,20)(H,18,22). The summed E-state index contributed by atoms with van der Waals surface area (Å²) in [5.74, 6) is -0.336. The van der Waals surface area contributed by atoms with Crippen molar-refractivity contribution >= 4 is 23.9 Å². The number of carbonyl (C=O) groups is 3. The second kappa shape index (κ2) is 7.32. The Morgan fingerprint density at radius 3 is 2.75 bits per heavy atom. The Kier molecular flexibility index (Phi) is 5.20. The lowest BCUT2D eigenvalue weighted by molar-refractivity contribution is -0.122. The fourth-order valence-corrected chi connectivity index (χ4v) is 2.08. The first-order valence-corrected chi connectivity index (χ1v) is 7.01. The third-order valence-corrected chi connectivity index (χ3v) is 3.14. The number of methoxy groups -OCH3 is 1. The van der Waals surface area contributed by atoms with Crippen LogP contribution in [0.1, 0.15) is 5.56 Å². The maximum absolute atomic E-state index is 12.1. The van der Waals surface area contributed by atoms with Crippen LogP contribution in [0.25, 0.3) is 6.08 Å². The summed E-state index contributed by atoms with van der Waals surface area (Å²) in [7, 11) is 1.44. The van der Waals surface area contributed by atoms with Crippen molar-refractivity contribution in [3.05, 3.63) is 42.1 Å². The molecule has 3 N–H and O–H groups in total. The van der Waals surface area contributed by atoms with E-state index in [1.807, 2.05) is 0 Å². The van der Waals surface area contributed by atoms with Gasteiger partial charge >= 0.3 is 6.03 Å². The molecule has 1 heterocycles. The number of hydrogen-bond acceptors (Lipinski definition) is 5. The minimum absolute atomic E-state index is 0.130. The number of carbonyl (C=O) groups excluding carboxylic acids is 3. The molecule has 24 heavy (non-hydrogen) atoms. The zero-order valence-electron chi connectivity index (χ0n) is 13.1. The molecule has 8 heteroatoms. The number of hydrogen-bond donors (Lipinski definition) is 2. The molecule has 0 spiro atoms. The maximum atomic E-state index is 12.1. The molecule has 0 aromatic heterocycles. The van der Waals surface area contributed by atoms with Crippen LogP contribution in [-0.2, 0) is 9.59 Å². The highest BCUT2D eigenvalue weighted by Crippen LogP contribution is 2.29. The third-order valence-electron chi connectivity index (χ3n) is 3.14. The van der Waals surface area contributed by atoms with Crippen LogP contribution >= 0.6 is 0 Å². The Morgan fingerprint density at radius 2 is 2.12 bits per heavy atom. The Labute approximate surface area is 138 Å². The molecule has 1 aliphatic rings. The van der Waals surface area contributed by atoms with Crippen molar-refractivity contribution in [2.75, 3.05) is 20.3 Å². The second-order valence-corrected chi connectivity index (χ2v) is 4.86. The molecule has 0 saturated carbocycles. The lowest BCUT2D eigenvalue weighted by Crippen LogP contribution is -2.30.